The van der Waals surface area contributed by atoms with Crippen molar-refractivity contribution >= 4 is 8.80 Å². The van der Waals surface area contributed by atoms with E-state index in [0.717, 1.165) is 25.3 Å². The zero-order chi connectivity index (χ0) is 10.9. The molecule has 0 saturated heterocycles. The lowest BCUT2D eigenvalue weighted by atomic mass is 10.2. The maximum atomic E-state index is 11.8. The van der Waals surface area contributed by atoms with Gasteiger partial charge in [-0.05, 0) is 12.8 Å². The van der Waals surface area contributed by atoms with E-state index in [2.05, 4.69) is 0 Å². The fraction of sp³-hybridized carbons (Fsp3) is 1.00. The van der Waals surface area contributed by atoms with Crippen molar-refractivity contribution in [2.24, 2.45) is 0 Å². The van der Waals surface area contributed by atoms with Crippen LogP contribution in [0.1, 0.15) is 25.7 Å². The van der Waals surface area contributed by atoms with Crippen molar-refractivity contribution in [2.45, 2.75) is 31.7 Å². The van der Waals surface area contributed by atoms with Gasteiger partial charge in [-0.15, -0.1) is 0 Å². The molecule has 5 heteroatoms. The fourth-order valence-electron chi connectivity index (χ4n) is 1.35. The molecule has 0 amide bonds. The van der Waals surface area contributed by atoms with Crippen molar-refractivity contribution in [3.05, 3.63) is 0 Å². The molecule has 0 saturated carbocycles. The molecule has 0 aliphatic carbocycles. The van der Waals surface area contributed by atoms with Gasteiger partial charge < -0.3 is 13.3 Å². The minimum Gasteiger partial charge on any atom is -0.377 e. The van der Waals surface area contributed by atoms with Gasteiger partial charge in [0.05, 0.1) is 6.67 Å². The van der Waals surface area contributed by atoms with Gasteiger partial charge in [-0.2, -0.15) is 0 Å². The summed E-state index contributed by atoms with van der Waals surface area (Å²) in [7, 11) is 2.46. The molecule has 0 aromatic heterocycles. The first-order valence-electron chi connectivity index (χ1n) is 4.96. The molecule has 0 aliphatic heterocycles. The molecule has 0 atom stereocenters. The second-order valence-electron chi connectivity index (χ2n) is 3.15. The lowest BCUT2D eigenvalue weighted by Crippen LogP contribution is -2.42. The van der Waals surface area contributed by atoms with Gasteiger partial charge in [0.2, 0.25) is 0 Å². The van der Waals surface area contributed by atoms with Crippen LogP contribution in [0, 0.1) is 0 Å². The molecule has 3 nitrogen and oxygen atoms in total. The third-order valence-electron chi connectivity index (χ3n) is 2.30. The number of unbranched alkanes of at least 4 members (excludes halogenated alkanes) is 3. The Hall–Kier alpha value is 0.0269. The van der Waals surface area contributed by atoms with E-state index < -0.39 is 8.80 Å². The first-order valence-corrected chi connectivity index (χ1v) is 6.89. The normalized spacial score (nSPS) is 12.0. The number of hydrogen-bond acceptors (Lipinski definition) is 3. The Morgan fingerprint density at radius 3 is 1.79 bits per heavy atom. The summed E-state index contributed by atoms with van der Waals surface area (Å²) in [6, 6.07) is 0.808. The van der Waals surface area contributed by atoms with Gasteiger partial charge in [0, 0.05) is 27.4 Å². The zero-order valence-corrected chi connectivity index (χ0v) is 10.3. The molecule has 0 aromatic rings. The predicted molar refractivity (Wildman–Crippen MR) is 56.0 cm³/mol. The van der Waals surface area contributed by atoms with Gasteiger partial charge >= 0.3 is 8.80 Å². The summed E-state index contributed by atoms with van der Waals surface area (Å²) >= 11 is 0. The maximum Gasteiger partial charge on any atom is 0.500 e. The second kappa shape index (κ2) is 8.34. The largest absolute Gasteiger partial charge is 0.500 e. The molecule has 86 valence electrons. The highest BCUT2D eigenvalue weighted by molar-refractivity contribution is 6.60. The minimum absolute atomic E-state index is 0.221. The number of alkyl halides is 1. The summed E-state index contributed by atoms with van der Waals surface area (Å²) in [4.78, 5) is 0. The Morgan fingerprint density at radius 2 is 1.36 bits per heavy atom. The molecule has 0 bridgehead atoms. The molecule has 0 heterocycles. The van der Waals surface area contributed by atoms with Crippen LogP contribution in [0.4, 0.5) is 4.39 Å². The van der Waals surface area contributed by atoms with Gasteiger partial charge in [0.1, 0.15) is 0 Å². The van der Waals surface area contributed by atoms with Crippen LogP contribution in [0.5, 0.6) is 0 Å². The van der Waals surface area contributed by atoms with Crippen LogP contribution in [0.15, 0.2) is 0 Å². The van der Waals surface area contributed by atoms with Crippen molar-refractivity contribution in [1.29, 1.82) is 0 Å². The molecule has 0 rings (SSSR count). The fourth-order valence-corrected chi connectivity index (χ4v) is 3.14. The molecule has 14 heavy (non-hydrogen) atoms. The topological polar surface area (TPSA) is 27.7 Å². The molecule has 0 aromatic carbocycles. The van der Waals surface area contributed by atoms with E-state index in [0.29, 0.717) is 6.42 Å². The van der Waals surface area contributed by atoms with Crippen LogP contribution in [-0.4, -0.2) is 36.8 Å². The van der Waals surface area contributed by atoms with Crippen LogP contribution in [0.25, 0.3) is 0 Å². The smallest absolute Gasteiger partial charge is 0.377 e. The summed E-state index contributed by atoms with van der Waals surface area (Å²) in [5.41, 5.74) is 0. The van der Waals surface area contributed by atoms with Gasteiger partial charge in [0.25, 0.3) is 0 Å². The quantitative estimate of drug-likeness (QED) is 0.444. The van der Waals surface area contributed by atoms with Crippen LogP contribution >= 0.6 is 0 Å². The molecule has 0 radical (unpaired) electrons. The Bertz CT molecular complexity index is 123. The van der Waals surface area contributed by atoms with E-state index >= 15 is 0 Å². The van der Waals surface area contributed by atoms with Crippen molar-refractivity contribution in [1.82, 2.24) is 0 Å². The molecular formula is C9H21FO3Si. The monoisotopic (exact) mass is 224 g/mol. The van der Waals surface area contributed by atoms with Crippen LogP contribution < -0.4 is 0 Å². The Labute approximate surface area is 86.9 Å². The van der Waals surface area contributed by atoms with Crippen molar-refractivity contribution in [3.8, 4) is 0 Å². The summed E-state index contributed by atoms with van der Waals surface area (Å²) in [5.74, 6) is 0. The molecule has 0 unspecified atom stereocenters. The SMILES string of the molecule is CO[Si](CCCCCCF)(OC)OC. The lowest BCUT2D eigenvalue weighted by molar-refractivity contribution is 0.122. The highest BCUT2D eigenvalue weighted by atomic mass is 28.4. The summed E-state index contributed by atoms with van der Waals surface area (Å²) < 4.78 is 27.6. The molecule has 0 aliphatic rings. The molecule has 0 N–H and O–H groups in total. The molecular weight excluding hydrogens is 203 g/mol. The third kappa shape index (κ3) is 5.04. The second-order valence-corrected chi connectivity index (χ2v) is 6.24. The predicted octanol–water partition coefficient (Wildman–Crippen LogP) is 2.39. The Balaban J connectivity index is 3.61. The summed E-state index contributed by atoms with van der Waals surface area (Å²) in [6.07, 6.45) is 3.57. The molecule has 0 spiro atoms. The van der Waals surface area contributed by atoms with Crippen molar-refractivity contribution < 1.29 is 17.7 Å². The van der Waals surface area contributed by atoms with E-state index in [1.807, 2.05) is 0 Å². The van der Waals surface area contributed by atoms with Gasteiger partial charge in [-0.25, -0.2) is 0 Å². The first-order chi connectivity index (χ1) is 6.74. The maximum absolute atomic E-state index is 11.8. The van der Waals surface area contributed by atoms with Gasteiger partial charge in [-0.3, -0.25) is 4.39 Å². The minimum atomic E-state index is -2.37. The molecule has 0 fully saturated rings. The highest BCUT2D eigenvalue weighted by Gasteiger charge is 2.36. The van der Waals surface area contributed by atoms with Gasteiger partial charge in [-0.1, -0.05) is 12.8 Å². The van der Waals surface area contributed by atoms with Crippen molar-refractivity contribution in [3.63, 3.8) is 0 Å². The zero-order valence-electron chi connectivity index (χ0n) is 9.35. The van der Waals surface area contributed by atoms with E-state index in [1.54, 1.807) is 21.3 Å². The van der Waals surface area contributed by atoms with Gasteiger partial charge in [0.15, 0.2) is 0 Å². The van der Waals surface area contributed by atoms with E-state index in [1.165, 1.54) is 0 Å². The Kier molecular flexibility index (Phi) is 8.36. The van der Waals surface area contributed by atoms with E-state index in [-0.39, 0.29) is 6.67 Å². The number of hydrogen-bond donors (Lipinski definition) is 0. The third-order valence-corrected chi connectivity index (χ3v) is 5.13. The first kappa shape index (κ1) is 14.0. The lowest BCUT2D eigenvalue weighted by Gasteiger charge is -2.24. The standard InChI is InChI=1S/C9H21FO3Si/c1-11-14(12-2,13-3)9-7-5-4-6-8-10/h4-9H2,1-3H3. The highest BCUT2D eigenvalue weighted by Crippen LogP contribution is 2.17. The average molecular weight is 224 g/mol. The van der Waals surface area contributed by atoms with Crippen LogP contribution in [0.2, 0.25) is 6.04 Å². The number of halogens is 1. The number of rotatable bonds is 9. The van der Waals surface area contributed by atoms with E-state index in [9.17, 15) is 4.39 Å². The average Bonchev–Trinajstić information content (AvgIpc) is 2.24. The van der Waals surface area contributed by atoms with Crippen LogP contribution in [0.3, 0.4) is 0 Å². The summed E-state index contributed by atoms with van der Waals surface area (Å²) in [6.45, 7) is -0.221. The van der Waals surface area contributed by atoms with E-state index in [4.69, 9.17) is 13.3 Å². The van der Waals surface area contributed by atoms with Crippen LogP contribution in [-0.2, 0) is 13.3 Å². The van der Waals surface area contributed by atoms with Crippen molar-refractivity contribution in [2.75, 3.05) is 28.0 Å². The summed E-state index contributed by atoms with van der Waals surface area (Å²) in [5, 5.41) is 0. The Morgan fingerprint density at radius 1 is 0.857 bits per heavy atom.